The predicted octanol–water partition coefficient (Wildman–Crippen LogP) is 5.80. The molecule has 1 aromatic carbocycles. The van der Waals surface area contributed by atoms with Gasteiger partial charge in [0.2, 0.25) is 0 Å². The van der Waals surface area contributed by atoms with Gasteiger partial charge in [0.15, 0.2) is 0 Å². The van der Waals surface area contributed by atoms with Crippen LogP contribution in [0, 0.1) is 5.41 Å². The molecule has 0 radical (unpaired) electrons. The lowest BCUT2D eigenvalue weighted by molar-refractivity contribution is 0.0191. The molecule has 1 atom stereocenters. The molecule has 1 N–H and O–H groups in total. The highest BCUT2D eigenvalue weighted by Crippen LogP contribution is 2.32. The Labute approximate surface area is 151 Å². The molecule has 3 heteroatoms. The Bertz CT molecular complexity index is 650. The minimum Gasteiger partial charge on any atom is -0.508 e. The van der Waals surface area contributed by atoms with Crippen molar-refractivity contribution in [1.29, 1.82) is 0 Å². The summed E-state index contributed by atoms with van der Waals surface area (Å²) in [6.07, 6.45) is 9.16. The van der Waals surface area contributed by atoms with Crippen molar-refractivity contribution in [3.05, 3.63) is 53.1 Å². The lowest BCUT2D eigenvalue weighted by Gasteiger charge is -2.29. The van der Waals surface area contributed by atoms with E-state index in [-0.39, 0.29) is 23.2 Å². The van der Waals surface area contributed by atoms with Gasteiger partial charge in [-0.25, -0.2) is 4.79 Å². The monoisotopic (exact) mass is 342 g/mol. The summed E-state index contributed by atoms with van der Waals surface area (Å²) in [6.45, 7) is 8.77. The number of allylic oxidation sites excluding steroid dienone is 3. The fraction of sp³-hybridized carbons (Fsp3) is 0.500. The summed E-state index contributed by atoms with van der Waals surface area (Å²) in [4.78, 5) is 12.5. The Morgan fingerprint density at radius 2 is 1.80 bits per heavy atom. The van der Waals surface area contributed by atoms with Gasteiger partial charge in [0.05, 0.1) is 5.56 Å². The minimum atomic E-state index is -0.324. The first kappa shape index (κ1) is 19.3. The number of hydrogen-bond donors (Lipinski definition) is 1. The van der Waals surface area contributed by atoms with Gasteiger partial charge in [-0.2, -0.15) is 0 Å². The summed E-state index contributed by atoms with van der Waals surface area (Å²) in [7, 11) is 0. The maximum absolute atomic E-state index is 12.5. The Morgan fingerprint density at radius 1 is 1.12 bits per heavy atom. The third-order valence-electron chi connectivity index (χ3n) is 4.74. The van der Waals surface area contributed by atoms with Crippen LogP contribution in [-0.2, 0) is 4.74 Å². The SMILES string of the molecule is CC1=CCC(C)(C)CC(OC(=O)c2ccc(O)cc2)CC(C)=CCC1. The van der Waals surface area contributed by atoms with Crippen molar-refractivity contribution in [2.75, 3.05) is 0 Å². The van der Waals surface area contributed by atoms with Gasteiger partial charge in [-0.3, -0.25) is 0 Å². The molecule has 0 amide bonds. The molecule has 1 aliphatic carbocycles. The number of hydrogen-bond acceptors (Lipinski definition) is 3. The molecular weight excluding hydrogens is 312 g/mol. The molecule has 136 valence electrons. The van der Waals surface area contributed by atoms with E-state index in [0.29, 0.717) is 5.56 Å². The maximum atomic E-state index is 12.5. The van der Waals surface area contributed by atoms with Gasteiger partial charge >= 0.3 is 5.97 Å². The molecule has 25 heavy (non-hydrogen) atoms. The van der Waals surface area contributed by atoms with Crippen LogP contribution in [-0.4, -0.2) is 17.2 Å². The molecule has 0 aliphatic heterocycles. The van der Waals surface area contributed by atoms with Crippen LogP contribution in [0.5, 0.6) is 5.75 Å². The average Bonchev–Trinajstić information content (AvgIpc) is 2.54. The number of aromatic hydroxyl groups is 1. The fourth-order valence-corrected chi connectivity index (χ4v) is 3.21. The van der Waals surface area contributed by atoms with E-state index in [1.165, 1.54) is 23.3 Å². The standard InChI is InChI=1S/C22H30O3/c1-16-6-5-7-17(2)14-20(15-22(3,4)13-12-16)25-21(24)18-8-10-19(23)11-9-18/h7-12,20,23H,5-6,13-15H2,1-4H3. The average molecular weight is 342 g/mol. The van der Waals surface area contributed by atoms with Crippen LogP contribution in [0.1, 0.15) is 70.2 Å². The van der Waals surface area contributed by atoms with Crippen LogP contribution in [0.2, 0.25) is 0 Å². The third kappa shape index (κ3) is 6.41. The highest BCUT2D eigenvalue weighted by atomic mass is 16.5. The van der Waals surface area contributed by atoms with Crippen LogP contribution in [0.25, 0.3) is 0 Å². The summed E-state index contributed by atoms with van der Waals surface area (Å²) in [5.41, 5.74) is 3.25. The largest absolute Gasteiger partial charge is 0.508 e. The minimum absolute atomic E-state index is 0.0752. The Hall–Kier alpha value is -2.03. The first-order valence-electron chi connectivity index (χ1n) is 9.06. The van der Waals surface area contributed by atoms with Gasteiger partial charge < -0.3 is 9.84 Å². The number of carbonyl (C=O) groups excluding carboxylic acids is 1. The smallest absolute Gasteiger partial charge is 0.338 e. The van der Waals surface area contributed by atoms with E-state index in [0.717, 1.165) is 32.1 Å². The molecule has 0 fully saturated rings. The fourth-order valence-electron chi connectivity index (χ4n) is 3.21. The summed E-state index contributed by atoms with van der Waals surface area (Å²) < 4.78 is 5.84. The zero-order chi connectivity index (χ0) is 18.4. The van der Waals surface area contributed by atoms with Crippen LogP contribution < -0.4 is 0 Å². The molecule has 1 aliphatic rings. The number of esters is 1. The van der Waals surface area contributed by atoms with E-state index in [9.17, 15) is 9.90 Å². The van der Waals surface area contributed by atoms with Crippen LogP contribution in [0.15, 0.2) is 47.6 Å². The molecule has 2 rings (SSSR count). The van der Waals surface area contributed by atoms with Crippen molar-refractivity contribution >= 4 is 5.97 Å². The van der Waals surface area contributed by atoms with Crippen molar-refractivity contribution < 1.29 is 14.6 Å². The molecular formula is C22H30O3. The highest BCUT2D eigenvalue weighted by molar-refractivity contribution is 5.89. The first-order valence-corrected chi connectivity index (χ1v) is 9.06. The highest BCUT2D eigenvalue weighted by Gasteiger charge is 2.26. The maximum Gasteiger partial charge on any atom is 0.338 e. The van der Waals surface area contributed by atoms with Gasteiger partial charge in [-0.1, -0.05) is 37.1 Å². The first-order chi connectivity index (χ1) is 11.7. The summed E-state index contributed by atoms with van der Waals surface area (Å²) in [5.74, 6) is -0.177. The van der Waals surface area contributed by atoms with Crippen molar-refractivity contribution in [2.24, 2.45) is 5.41 Å². The summed E-state index contributed by atoms with van der Waals surface area (Å²) in [5, 5.41) is 9.37. The normalized spacial score (nSPS) is 21.5. The predicted molar refractivity (Wildman–Crippen MR) is 102 cm³/mol. The van der Waals surface area contributed by atoms with Crippen LogP contribution >= 0.6 is 0 Å². The second-order valence-electron chi connectivity index (χ2n) is 7.99. The molecule has 3 nitrogen and oxygen atoms in total. The van der Waals surface area contributed by atoms with E-state index in [2.05, 4.69) is 39.8 Å². The Morgan fingerprint density at radius 3 is 2.48 bits per heavy atom. The molecule has 1 unspecified atom stereocenters. The van der Waals surface area contributed by atoms with Crippen molar-refractivity contribution in [3.8, 4) is 5.75 Å². The number of carbonyl (C=O) groups is 1. The molecule has 0 heterocycles. The van der Waals surface area contributed by atoms with Crippen LogP contribution in [0.3, 0.4) is 0 Å². The van der Waals surface area contributed by atoms with E-state index in [1.54, 1.807) is 12.1 Å². The molecule has 1 aromatic rings. The molecule has 0 saturated carbocycles. The molecule has 0 bridgehead atoms. The molecule has 0 saturated heterocycles. The zero-order valence-corrected chi connectivity index (χ0v) is 15.8. The summed E-state index contributed by atoms with van der Waals surface area (Å²) >= 11 is 0. The van der Waals surface area contributed by atoms with Crippen molar-refractivity contribution in [1.82, 2.24) is 0 Å². The van der Waals surface area contributed by atoms with E-state index < -0.39 is 0 Å². The van der Waals surface area contributed by atoms with Gasteiger partial charge in [-0.15, -0.1) is 0 Å². The third-order valence-corrected chi connectivity index (χ3v) is 4.74. The zero-order valence-electron chi connectivity index (χ0n) is 15.8. The number of phenols is 1. The van der Waals surface area contributed by atoms with Crippen LogP contribution in [0.4, 0.5) is 0 Å². The lowest BCUT2D eigenvalue weighted by atomic mass is 9.81. The number of benzene rings is 1. The lowest BCUT2D eigenvalue weighted by Crippen LogP contribution is -2.26. The van der Waals surface area contributed by atoms with E-state index >= 15 is 0 Å². The van der Waals surface area contributed by atoms with Crippen molar-refractivity contribution in [3.63, 3.8) is 0 Å². The quantitative estimate of drug-likeness (QED) is 0.546. The van der Waals surface area contributed by atoms with E-state index in [1.807, 2.05) is 0 Å². The van der Waals surface area contributed by atoms with E-state index in [4.69, 9.17) is 4.74 Å². The number of phenolic OH excluding ortho intramolecular Hbond substituents is 1. The summed E-state index contributed by atoms with van der Waals surface area (Å²) in [6, 6.07) is 6.22. The number of ether oxygens (including phenoxy) is 1. The Kier molecular flexibility index (Phi) is 6.46. The van der Waals surface area contributed by atoms with Gasteiger partial charge in [0.25, 0.3) is 0 Å². The van der Waals surface area contributed by atoms with Gasteiger partial charge in [0, 0.05) is 6.42 Å². The van der Waals surface area contributed by atoms with Gasteiger partial charge in [-0.05, 0) is 69.2 Å². The topological polar surface area (TPSA) is 46.5 Å². The van der Waals surface area contributed by atoms with Gasteiger partial charge in [0.1, 0.15) is 11.9 Å². The molecule has 0 aromatic heterocycles. The Balaban J connectivity index is 2.15. The second-order valence-corrected chi connectivity index (χ2v) is 7.99. The number of rotatable bonds is 2. The molecule has 0 spiro atoms. The van der Waals surface area contributed by atoms with Crippen molar-refractivity contribution in [2.45, 2.75) is 65.9 Å². The second kappa shape index (κ2) is 8.37.